The van der Waals surface area contributed by atoms with E-state index in [0.29, 0.717) is 10.9 Å². The van der Waals surface area contributed by atoms with E-state index in [-0.39, 0.29) is 0 Å². The highest BCUT2D eigenvalue weighted by atomic mass is 32.1. The van der Waals surface area contributed by atoms with E-state index < -0.39 is 0 Å². The minimum absolute atomic E-state index is 0.605. The third-order valence-corrected chi connectivity index (χ3v) is 1.72. The monoisotopic (exact) mass is 177 g/mol. The van der Waals surface area contributed by atoms with Gasteiger partial charge in [-0.3, -0.25) is 0 Å². The summed E-state index contributed by atoms with van der Waals surface area (Å²) in [5, 5.41) is 0.605. The van der Waals surface area contributed by atoms with Gasteiger partial charge < -0.3 is 4.42 Å². The maximum atomic E-state index is 5.16. The molecule has 0 amide bonds. The molecule has 12 heavy (non-hydrogen) atoms. The van der Waals surface area contributed by atoms with E-state index in [9.17, 15) is 0 Å². The van der Waals surface area contributed by atoms with Crippen LogP contribution in [-0.2, 0) is 0 Å². The highest BCUT2D eigenvalue weighted by Gasteiger charge is 2.01. The second kappa shape index (κ2) is 3.03. The van der Waals surface area contributed by atoms with Gasteiger partial charge in [0.1, 0.15) is 11.3 Å². The fourth-order valence-electron chi connectivity index (χ4n) is 0.979. The van der Waals surface area contributed by atoms with E-state index in [4.69, 9.17) is 4.42 Å². The van der Waals surface area contributed by atoms with E-state index in [1.165, 1.54) is 6.26 Å². The molecule has 0 unspecified atom stereocenters. The quantitative estimate of drug-likeness (QED) is 0.677. The average Bonchev–Trinajstić information content (AvgIpc) is 2.54. The standard InChI is InChI=1S/C9H7NOS/c12-8-6-11-9(10-8)7-4-2-1-3-5-7/h1-6,12H. The largest absolute Gasteiger partial charge is 0.443 e. The first-order valence-electron chi connectivity index (χ1n) is 3.56. The van der Waals surface area contributed by atoms with E-state index in [1.54, 1.807) is 0 Å². The summed E-state index contributed by atoms with van der Waals surface area (Å²) in [5.41, 5.74) is 0.970. The van der Waals surface area contributed by atoms with Crippen molar-refractivity contribution < 1.29 is 4.42 Å². The lowest BCUT2D eigenvalue weighted by atomic mass is 10.2. The van der Waals surface area contributed by atoms with Gasteiger partial charge in [-0.15, -0.1) is 12.6 Å². The summed E-state index contributed by atoms with van der Waals surface area (Å²) in [5.74, 6) is 0.612. The lowest BCUT2D eigenvalue weighted by Gasteiger charge is -1.91. The summed E-state index contributed by atoms with van der Waals surface area (Å²) in [6, 6.07) is 9.72. The van der Waals surface area contributed by atoms with Crippen LogP contribution in [-0.4, -0.2) is 4.98 Å². The van der Waals surface area contributed by atoms with Crippen molar-refractivity contribution in [1.82, 2.24) is 4.98 Å². The van der Waals surface area contributed by atoms with Crippen LogP contribution in [0.5, 0.6) is 0 Å². The van der Waals surface area contributed by atoms with Crippen LogP contribution in [0, 0.1) is 0 Å². The molecule has 2 nitrogen and oxygen atoms in total. The van der Waals surface area contributed by atoms with Crippen molar-refractivity contribution in [1.29, 1.82) is 0 Å². The molecule has 1 heterocycles. The molecule has 1 aromatic carbocycles. The molecule has 0 N–H and O–H groups in total. The van der Waals surface area contributed by atoms with Crippen LogP contribution in [0.25, 0.3) is 11.5 Å². The van der Waals surface area contributed by atoms with Crippen LogP contribution in [0.15, 0.2) is 46.0 Å². The van der Waals surface area contributed by atoms with Crippen LogP contribution in [0.1, 0.15) is 0 Å². The number of rotatable bonds is 1. The van der Waals surface area contributed by atoms with Gasteiger partial charge in [-0.05, 0) is 12.1 Å². The number of hydrogen-bond donors (Lipinski definition) is 1. The number of oxazole rings is 1. The molecular weight excluding hydrogens is 170 g/mol. The SMILES string of the molecule is Sc1coc(-c2ccccc2)n1. The van der Waals surface area contributed by atoms with Crippen molar-refractivity contribution >= 4 is 12.6 Å². The van der Waals surface area contributed by atoms with Crippen molar-refractivity contribution in [2.24, 2.45) is 0 Å². The third kappa shape index (κ3) is 1.36. The Morgan fingerprint density at radius 3 is 2.50 bits per heavy atom. The molecule has 0 radical (unpaired) electrons. The van der Waals surface area contributed by atoms with Crippen molar-refractivity contribution in [3.05, 3.63) is 36.6 Å². The Morgan fingerprint density at radius 2 is 1.92 bits per heavy atom. The van der Waals surface area contributed by atoms with Gasteiger partial charge in [-0.2, -0.15) is 0 Å². The normalized spacial score (nSPS) is 10.1. The summed E-state index contributed by atoms with van der Waals surface area (Å²) in [4.78, 5) is 4.08. The molecule has 0 aliphatic carbocycles. The molecule has 0 spiro atoms. The number of benzene rings is 1. The number of thiol groups is 1. The highest BCUT2D eigenvalue weighted by molar-refractivity contribution is 7.80. The first-order chi connectivity index (χ1) is 5.86. The number of hydrogen-bond acceptors (Lipinski definition) is 3. The van der Waals surface area contributed by atoms with E-state index >= 15 is 0 Å². The van der Waals surface area contributed by atoms with Gasteiger partial charge >= 0.3 is 0 Å². The Morgan fingerprint density at radius 1 is 1.17 bits per heavy atom. The van der Waals surface area contributed by atoms with E-state index in [2.05, 4.69) is 17.6 Å². The van der Waals surface area contributed by atoms with Crippen molar-refractivity contribution in [3.8, 4) is 11.5 Å². The molecule has 0 fully saturated rings. The van der Waals surface area contributed by atoms with Crippen LogP contribution in [0.4, 0.5) is 0 Å². The topological polar surface area (TPSA) is 26.0 Å². The average molecular weight is 177 g/mol. The molecule has 2 rings (SSSR count). The molecule has 3 heteroatoms. The minimum atomic E-state index is 0.605. The van der Waals surface area contributed by atoms with Gasteiger partial charge in [0.15, 0.2) is 0 Å². The van der Waals surface area contributed by atoms with E-state index in [0.717, 1.165) is 5.56 Å². The predicted molar refractivity (Wildman–Crippen MR) is 49.2 cm³/mol. The molecule has 0 saturated heterocycles. The molecule has 1 aromatic heterocycles. The first-order valence-corrected chi connectivity index (χ1v) is 4.01. The number of aromatic nitrogens is 1. The second-order valence-corrected chi connectivity index (χ2v) is 2.84. The molecule has 60 valence electrons. The Labute approximate surface area is 75.7 Å². The summed E-state index contributed by atoms with van der Waals surface area (Å²) in [6.45, 7) is 0. The lowest BCUT2D eigenvalue weighted by Crippen LogP contribution is -1.74. The van der Waals surface area contributed by atoms with Gasteiger partial charge in [-0.1, -0.05) is 18.2 Å². The zero-order valence-electron chi connectivity index (χ0n) is 6.27. The zero-order chi connectivity index (χ0) is 8.39. The highest BCUT2D eigenvalue weighted by Crippen LogP contribution is 2.18. The third-order valence-electron chi connectivity index (χ3n) is 1.51. The number of nitrogens with zero attached hydrogens (tertiary/aromatic N) is 1. The van der Waals surface area contributed by atoms with Gasteiger partial charge in [0.25, 0.3) is 0 Å². The Bertz CT molecular complexity index is 369. The van der Waals surface area contributed by atoms with Crippen LogP contribution in [0.3, 0.4) is 0 Å². The summed E-state index contributed by atoms with van der Waals surface area (Å²) in [6.07, 6.45) is 1.52. The summed E-state index contributed by atoms with van der Waals surface area (Å²) >= 11 is 4.05. The molecular formula is C9H7NOS. The fourth-order valence-corrected chi connectivity index (χ4v) is 1.12. The van der Waals surface area contributed by atoms with Crippen LogP contribution >= 0.6 is 12.6 Å². The molecule has 0 saturated carbocycles. The minimum Gasteiger partial charge on any atom is -0.443 e. The smallest absolute Gasteiger partial charge is 0.227 e. The zero-order valence-corrected chi connectivity index (χ0v) is 7.16. The molecule has 2 aromatic rings. The maximum Gasteiger partial charge on any atom is 0.227 e. The van der Waals surface area contributed by atoms with Crippen LogP contribution < -0.4 is 0 Å². The Hall–Kier alpha value is -1.22. The van der Waals surface area contributed by atoms with Gasteiger partial charge in [0.05, 0.1) is 0 Å². The molecule has 0 aliphatic rings. The Balaban J connectivity index is 2.45. The molecule has 0 atom stereocenters. The Kier molecular flexibility index (Phi) is 1.87. The maximum absolute atomic E-state index is 5.16. The molecule has 0 bridgehead atoms. The van der Waals surface area contributed by atoms with Crippen molar-refractivity contribution in [2.75, 3.05) is 0 Å². The predicted octanol–water partition coefficient (Wildman–Crippen LogP) is 2.63. The summed E-state index contributed by atoms with van der Waals surface area (Å²) < 4.78 is 5.16. The molecule has 0 aliphatic heterocycles. The fraction of sp³-hybridized carbons (Fsp3) is 0. The lowest BCUT2D eigenvalue weighted by molar-refractivity contribution is 0.571. The first kappa shape index (κ1) is 7.43. The summed E-state index contributed by atoms with van der Waals surface area (Å²) in [7, 11) is 0. The van der Waals surface area contributed by atoms with Gasteiger partial charge in [0.2, 0.25) is 5.89 Å². The van der Waals surface area contributed by atoms with Crippen molar-refractivity contribution in [3.63, 3.8) is 0 Å². The van der Waals surface area contributed by atoms with Gasteiger partial charge in [-0.25, -0.2) is 4.98 Å². The second-order valence-electron chi connectivity index (χ2n) is 2.38. The van der Waals surface area contributed by atoms with E-state index in [1.807, 2.05) is 30.3 Å². The van der Waals surface area contributed by atoms with Gasteiger partial charge in [0, 0.05) is 5.56 Å². The van der Waals surface area contributed by atoms with Crippen molar-refractivity contribution in [2.45, 2.75) is 5.03 Å². The van der Waals surface area contributed by atoms with Crippen LogP contribution in [0.2, 0.25) is 0 Å².